The van der Waals surface area contributed by atoms with Crippen molar-refractivity contribution in [1.29, 1.82) is 0 Å². The van der Waals surface area contributed by atoms with Crippen LogP contribution in [0.3, 0.4) is 0 Å². The lowest BCUT2D eigenvalue weighted by atomic mass is 9.96. The van der Waals surface area contributed by atoms with Crippen molar-refractivity contribution in [3.63, 3.8) is 0 Å². The molecule has 1 N–H and O–H groups in total. The van der Waals surface area contributed by atoms with Gasteiger partial charge in [0.1, 0.15) is 5.82 Å². The van der Waals surface area contributed by atoms with E-state index in [-0.39, 0.29) is 5.56 Å². The fourth-order valence-electron chi connectivity index (χ4n) is 4.96. The van der Waals surface area contributed by atoms with Crippen LogP contribution in [0.1, 0.15) is 54.9 Å². The first-order chi connectivity index (χ1) is 19.0. The van der Waals surface area contributed by atoms with Gasteiger partial charge in [-0.1, -0.05) is 86.1 Å². The minimum Gasteiger partial charge on any atom is -0.296 e. The van der Waals surface area contributed by atoms with E-state index >= 15 is 0 Å². The van der Waals surface area contributed by atoms with E-state index in [1.807, 2.05) is 67.6 Å². The number of aromatic nitrogens is 4. The lowest BCUT2D eigenvalue weighted by molar-refractivity contribution is 0.388. The van der Waals surface area contributed by atoms with E-state index in [9.17, 15) is 9.59 Å². The summed E-state index contributed by atoms with van der Waals surface area (Å²) in [5.74, 6) is 0.507. The van der Waals surface area contributed by atoms with Gasteiger partial charge in [0.05, 0.1) is 11.4 Å². The third kappa shape index (κ3) is 5.53. The first kappa shape index (κ1) is 26.1. The van der Waals surface area contributed by atoms with E-state index in [4.69, 9.17) is 9.51 Å². The van der Waals surface area contributed by atoms with Gasteiger partial charge in [-0.25, -0.2) is 9.78 Å². The fourth-order valence-corrected chi connectivity index (χ4v) is 4.96. The lowest BCUT2D eigenvalue weighted by Gasteiger charge is -2.16. The summed E-state index contributed by atoms with van der Waals surface area (Å²) in [5.41, 5.74) is 7.35. The maximum absolute atomic E-state index is 13.9. The maximum Gasteiger partial charge on any atom is 0.439 e. The molecule has 7 heteroatoms. The highest BCUT2D eigenvalue weighted by atomic mass is 16.5. The molecule has 0 unspecified atom stereocenters. The Morgan fingerprint density at radius 3 is 2.36 bits per heavy atom. The van der Waals surface area contributed by atoms with Crippen LogP contribution in [0, 0.1) is 6.92 Å². The molecular formula is C32H32N4O3. The second-order valence-corrected chi connectivity index (χ2v) is 9.71. The van der Waals surface area contributed by atoms with Crippen LogP contribution in [0.15, 0.2) is 86.9 Å². The molecule has 2 heterocycles. The van der Waals surface area contributed by atoms with Crippen molar-refractivity contribution >= 4 is 0 Å². The molecule has 0 amide bonds. The number of H-pyrrole nitrogens is 1. The van der Waals surface area contributed by atoms with Crippen molar-refractivity contribution in [2.45, 2.75) is 52.9 Å². The Labute approximate surface area is 227 Å². The van der Waals surface area contributed by atoms with Gasteiger partial charge in [0.15, 0.2) is 5.82 Å². The first-order valence-electron chi connectivity index (χ1n) is 13.4. The number of aryl methyl sites for hydroxylation is 3. The molecule has 198 valence electrons. The number of nitrogens with one attached hydrogen (secondary N) is 1. The summed E-state index contributed by atoms with van der Waals surface area (Å²) in [6.07, 6.45) is 4.19. The molecule has 0 saturated heterocycles. The molecule has 39 heavy (non-hydrogen) atoms. The van der Waals surface area contributed by atoms with Crippen molar-refractivity contribution in [1.82, 2.24) is 19.7 Å². The first-order valence-corrected chi connectivity index (χ1v) is 13.4. The topological polar surface area (TPSA) is 93.8 Å². The molecule has 5 rings (SSSR count). The number of benzene rings is 3. The largest absolute Gasteiger partial charge is 0.439 e. The molecule has 0 saturated carbocycles. The van der Waals surface area contributed by atoms with Gasteiger partial charge in [-0.2, -0.15) is 0 Å². The van der Waals surface area contributed by atoms with Crippen LogP contribution >= 0.6 is 0 Å². The van der Waals surface area contributed by atoms with Crippen LogP contribution in [0.25, 0.3) is 28.2 Å². The van der Waals surface area contributed by atoms with Crippen molar-refractivity contribution in [2.75, 3.05) is 0 Å². The fraction of sp³-hybridized carbons (Fsp3) is 0.250. The van der Waals surface area contributed by atoms with Crippen molar-refractivity contribution < 1.29 is 4.52 Å². The molecule has 0 spiro atoms. The molecular weight excluding hydrogens is 488 g/mol. The molecule has 0 radical (unpaired) electrons. The van der Waals surface area contributed by atoms with E-state index < -0.39 is 5.76 Å². The molecule has 0 bridgehead atoms. The van der Waals surface area contributed by atoms with E-state index in [1.165, 1.54) is 5.56 Å². The highest BCUT2D eigenvalue weighted by Crippen LogP contribution is 2.30. The number of nitrogens with zero attached hydrogens (tertiary/aromatic N) is 3. The van der Waals surface area contributed by atoms with E-state index in [0.717, 1.165) is 64.9 Å². The minimum atomic E-state index is -0.590. The number of rotatable bonds is 9. The maximum atomic E-state index is 13.9. The van der Waals surface area contributed by atoms with Gasteiger partial charge >= 0.3 is 5.76 Å². The Hall–Kier alpha value is -4.52. The smallest absolute Gasteiger partial charge is 0.296 e. The molecule has 0 fully saturated rings. The van der Waals surface area contributed by atoms with Gasteiger partial charge in [-0.15, -0.1) is 0 Å². The summed E-state index contributed by atoms with van der Waals surface area (Å²) in [7, 11) is 0. The van der Waals surface area contributed by atoms with Crippen LogP contribution in [0.5, 0.6) is 0 Å². The lowest BCUT2D eigenvalue weighted by Crippen LogP contribution is -2.28. The van der Waals surface area contributed by atoms with Gasteiger partial charge in [0, 0.05) is 17.5 Å². The Kier molecular flexibility index (Phi) is 7.68. The van der Waals surface area contributed by atoms with Gasteiger partial charge in [-0.05, 0) is 60.6 Å². The van der Waals surface area contributed by atoms with Gasteiger partial charge < -0.3 is 0 Å². The highest BCUT2D eigenvalue weighted by Gasteiger charge is 2.17. The number of hydrogen-bond donors (Lipinski definition) is 1. The zero-order chi connectivity index (χ0) is 27.4. The molecule has 0 aliphatic carbocycles. The number of aromatic amines is 1. The molecule has 3 aromatic carbocycles. The van der Waals surface area contributed by atoms with Crippen LogP contribution in [0.2, 0.25) is 0 Å². The van der Waals surface area contributed by atoms with Gasteiger partial charge in [-0.3, -0.25) is 18.9 Å². The Morgan fingerprint density at radius 1 is 0.897 bits per heavy atom. The van der Waals surface area contributed by atoms with Crippen LogP contribution < -0.4 is 11.3 Å². The predicted octanol–water partition coefficient (Wildman–Crippen LogP) is 6.05. The summed E-state index contributed by atoms with van der Waals surface area (Å²) < 4.78 is 6.45. The van der Waals surface area contributed by atoms with E-state index in [1.54, 1.807) is 4.57 Å². The third-order valence-electron chi connectivity index (χ3n) is 7.04. The highest BCUT2D eigenvalue weighted by molar-refractivity contribution is 5.80. The minimum absolute atomic E-state index is 0.00809. The molecule has 7 nitrogen and oxygen atoms in total. The summed E-state index contributed by atoms with van der Waals surface area (Å²) >= 11 is 0. The van der Waals surface area contributed by atoms with E-state index in [0.29, 0.717) is 18.1 Å². The summed E-state index contributed by atoms with van der Waals surface area (Å²) in [4.78, 5) is 33.0. The Balaban J connectivity index is 1.52. The van der Waals surface area contributed by atoms with Crippen molar-refractivity contribution in [3.05, 3.63) is 122 Å². The summed E-state index contributed by atoms with van der Waals surface area (Å²) in [6.45, 7) is 6.17. The molecule has 5 aromatic rings. The average Bonchev–Trinajstić information content (AvgIpc) is 3.40. The zero-order valence-electron chi connectivity index (χ0n) is 22.5. The average molecular weight is 521 g/mol. The zero-order valence-corrected chi connectivity index (χ0v) is 22.5. The van der Waals surface area contributed by atoms with Crippen LogP contribution in [0.4, 0.5) is 0 Å². The molecule has 0 aliphatic heterocycles. The van der Waals surface area contributed by atoms with Crippen LogP contribution in [-0.2, 0) is 19.3 Å². The quantitative estimate of drug-likeness (QED) is 0.255. The normalized spacial score (nSPS) is 11.2. The molecule has 0 atom stereocenters. The Bertz CT molecular complexity index is 1710. The van der Waals surface area contributed by atoms with Crippen molar-refractivity contribution in [2.24, 2.45) is 0 Å². The standard InChI is InChI=1S/C32H32N4O3/c1-4-6-14-29-28(31(37)36(21(3)33-29)25-11-9-10-22(5-2)19-25)20-23-15-17-24(18-16-23)26-12-7-8-13-27(26)30-34-32(38)39-35-30/h7-13,15-19H,4-6,14,20H2,1-3H3,(H,34,35,38). The molecule has 0 aliphatic rings. The van der Waals surface area contributed by atoms with Gasteiger partial charge in [0.25, 0.3) is 5.56 Å². The number of unbranched alkanes of at least 4 members (excludes halogenated alkanes) is 1. The third-order valence-corrected chi connectivity index (χ3v) is 7.04. The second-order valence-electron chi connectivity index (χ2n) is 9.71. The summed E-state index contributed by atoms with van der Waals surface area (Å²) in [6, 6.07) is 24.0. The molecule has 2 aromatic heterocycles. The second kappa shape index (κ2) is 11.5. The van der Waals surface area contributed by atoms with Crippen molar-refractivity contribution in [3.8, 4) is 28.2 Å². The number of hydrogen-bond acceptors (Lipinski definition) is 5. The SMILES string of the molecule is CCCCc1nc(C)n(-c2cccc(CC)c2)c(=O)c1Cc1ccc(-c2ccccc2-c2noc(=O)[nH]2)cc1. The summed E-state index contributed by atoms with van der Waals surface area (Å²) in [5, 5.41) is 3.85. The van der Waals surface area contributed by atoms with Crippen LogP contribution in [-0.4, -0.2) is 19.7 Å². The monoisotopic (exact) mass is 520 g/mol. The van der Waals surface area contributed by atoms with E-state index in [2.05, 4.69) is 36.1 Å². The predicted molar refractivity (Wildman–Crippen MR) is 153 cm³/mol. The Morgan fingerprint density at radius 2 is 1.67 bits per heavy atom. The van der Waals surface area contributed by atoms with Gasteiger partial charge in [0.2, 0.25) is 0 Å².